The highest BCUT2D eigenvalue weighted by atomic mass is 35.5. The Bertz CT molecular complexity index is 383. The third kappa shape index (κ3) is 5.21. The minimum absolute atomic E-state index is 0. The van der Waals surface area contributed by atoms with Gasteiger partial charge in [-0.3, -0.25) is 4.79 Å². The van der Waals surface area contributed by atoms with E-state index in [1.54, 1.807) is 18.2 Å². The van der Waals surface area contributed by atoms with Crippen LogP contribution in [-0.2, 0) is 0 Å². The summed E-state index contributed by atoms with van der Waals surface area (Å²) in [6.45, 7) is 5.29. The minimum Gasteiger partial charge on any atom is -0.489 e. The smallest absolute Gasteiger partial charge is 0.255 e. The number of rotatable bonds is 7. The minimum atomic E-state index is -0.125. The van der Waals surface area contributed by atoms with E-state index in [2.05, 4.69) is 17.2 Å². The van der Waals surface area contributed by atoms with E-state index < -0.39 is 0 Å². The summed E-state index contributed by atoms with van der Waals surface area (Å²) >= 11 is 0. The number of halogens is 1. The fourth-order valence-electron chi connectivity index (χ4n) is 1.33. The molecule has 100 valence electrons. The fourth-order valence-corrected chi connectivity index (χ4v) is 1.33. The monoisotopic (exact) mass is 270 g/mol. The molecule has 0 saturated heterocycles. The van der Waals surface area contributed by atoms with Crippen molar-refractivity contribution in [1.29, 1.82) is 0 Å². The van der Waals surface area contributed by atoms with Crippen LogP contribution in [0.5, 0.6) is 5.75 Å². The first-order valence-electron chi connectivity index (χ1n) is 5.55. The highest BCUT2D eigenvalue weighted by Crippen LogP contribution is 2.17. The van der Waals surface area contributed by atoms with E-state index in [1.807, 2.05) is 19.2 Å². The van der Waals surface area contributed by atoms with Crippen molar-refractivity contribution >= 4 is 18.3 Å². The Balaban J connectivity index is 0.00000289. The Labute approximate surface area is 114 Å². The van der Waals surface area contributed by atoms with Gasteiger partial charge in [0.05, 0.1) is 5.56 Å². The van der Waals surface area contributed by atoms with Gasteiger partial charge in [0, 0.05) is 13.1 Å². The topological polar surface area (TPSA) is 50.4 Å². The summed E-state index contributed by atoms with van der Waals surface area (Å²) in [5, 5.41) is 5.77. The average molecular weight is 271 g/mol. The van der Waals surface area contributed by atoms with Crippen LogP contribution in [-0.4, -0.2) is 32.7 Å². The second kappa shape index (κ2) is 9.50. The van der Waals surface area contributed by atoms with Crippen LogP contribution in [0, 0.1) is 0 Å². The molecule has 0 radical (unpaired) electrons. The second-order valence-corrected chi connectivity index (χ2v) is 3.46. The number of carbonyl (C=O) groups excluding carboxylic acids is 1. The first kappa shape index (κ1) is 16.5. The number of para-hydroxylation sites is 1. The van der Waals surface area contributed by atoms with Crippen LogP contribution >= 0.6 is 12.4 Å². The molecule has 0 bridgehead atoms. The lowest BCUT2D eigenvalue weighted by molar-refractivity contribution is 0.0950. The third-order valence-electron chi connectivity index (χ3n) is 2.15. The van der Waals surface area contributed by atoms with E-state index in [-0.39, 0.29) is 18.3 Å². The van der Waals surface area contributed by atoms with Crippen LogP contribution in [0.2, 0.25) is 0 Å². The number of hydrogen-bond acceptors (Lipinski definition) is 3. The normalized spacial score (nSPS) is 9.17. The maximum Gasteiger partial charge on any atom is 0.255 e. The van der Waals surface area contributed by atoms with E-state index in [0.717, 1.165) is 6.54 Å². The number of amides is 1. The van der Waals surface area contributed by atoms with Gasteiger partial charge in [-0.2, -0.15) is 0 Å². The Morgan fingerprint density at radius 2 is 2.11 bits per heavy atom. The van der Waals surface area contributed by atoms with Crippen molar-refractivity contribution in [3.63, 3.8) is 0 Å². The van der Waals surface area contributed by atoms with Crippen LogP contribution in [0.15, 0.2) is 36.9 Å². The molecule has 0 spiro atoms. The molecule has 0 unspecified atom stereocenters. The molecule has 0 aliphatic carbocycles. The van der Waals surface area contributed by atoms with Crippen molar-refractivity contribution in [3.05, 3.63) is 42.5 Å². The molecule has 0 aromatic heterocycles. The molecule has 0 heterocycles. The second-order valence-electron chi connectivity index (χ2n) is 3.46. The number of benzene rings is 1. The lowest BCUT2D eigenvalue weighted by Crippen LogP contribution is -2.30. The average Bonchev–Trinajstić information content (AvgIpc) is 2.37. The summed E-state index contributed by atoms with van der Waals surface area (Å²) in [7, 11) is 1.84. The third-order valence-corrected chi connectivity index (χ3v) is 2.15. The Morgan fingerprint density at radius 1 is 1.39 bits per heavy atom. The molecule has 0 saturated carbocycles. The van der Waals surface area contributed by atoms with Crippen molar-refractivity contribution < 1.29 is 9.53 Å². The Kier molecular flexibility index (Phi) is 8.70. The van der Waals surface area contributed by atoms with E-state index in [1.165, 1.54) is 0 Å². The number of ether oxygens (including phenoxy) is 1. The zero-order chi connectivity index (χ0) is 12.5. The van der Waals surface area contributed by atoms with Gasteiger partial charge in [0.15, 0.2) is 0 Å². The van der Waals surface area contributed by atoms with Gasteiger partial charge in [-0.25, -0.2) is 0 Å². The van der Waals surface area contributed by atoms with Gasteiger partial charge in [-0.1, -0.05) is 24.8 Å². The zero-order valence-corrected chi connectivity index (χ0v) is 11.3. The molecule has 0 aliphatic heterocycles. The number of nitrogens with one attached hydrogen (secondary N) is 2. The largest absolute Gasteiger partial charge is 0.489 e. The van der Waals surface area contributed by atoms with Crippen molar-refractivity contribution in [1.82, 2.24) is 10.6 Å². The maximum absolute atomic E-state index is 11.9. The Hall–Kier alpha value is -1.52. The fraction of sp³-hybridized carbons (Fsp3) is 0.308. The zero-order valence-electron chi connectivity index (χ0n) is 10.4. The molecule has 18 heavy (non-hydrogen) atoms. The highest BCUT2D eigenvalue weighted by molar-refractivity contribution is 5.96. The maximum atomic E-state index is 11.9. The number of likely N-dealkylation sites (N-methyl/N-ethyl adjacent to an activating group) is 1. The van der Waals surface area contributed by atoms with Crippen LogP contribution in [0.4, 0.5) is 0 Å². The molecular weight excluding hydrogens is 252 g/mol. The summed E-state index contributed by atoms with van der Waals surface area (Å²) < 4.78 is 5.42. The molecular formula is C13H19ClN2O2. The van der Waals surface area contributed by atoms with Crippen molar-refractivity contribution in [3.8, 4) is 5.75 Å². The summed E-state index contributed by atoms with van der Waals surface area (Å²) in [4.78, 5) is 11.9. The molecule has 1 rings (SSSR count). The molecule has 0 atom stereocenters. The van der Waals surface area contributed by atoms with Gasteiger partial charge in [0.1, 0.15) is 12.4 Å². The highest BCUT2D eigenvalue weighted by Gasteiger charge is 2.10. The van der Waals surface area contributed by atoms with Crippen LogP contribution in [0.25, 0.3) is 0 Å². The lowest BCUT2D eigenvalue weighted by Gasteiger charge is -2.10. The SMILES string of the molecule is C=CCOc1ccccc1C(=O)NCCNC.Cl. The van der Waals surface area contributed by atoms with Crippen LogP contribution < -0.4 is 15.4 Å². The molecule has 1 amide bonds. The quantitative estimate of drug-likeness (QED) is 0.585. The first-order chi connectivity index (χ1) is 8.29. The summed E-state index contributed by atoms with van der Waals surface area (Å²) in [6, 6.07) is 7.17. The van der Waals surface area contributed by atoms with Gasteiger partial charge >= 0.3 is 0 Å². The molecule has 4 nitrogen and oxygen atoms in total. The molecule has 2 N–H and O–H groups in total. The summed E-state index contributed by atoms with van der Waals surface area (Å²) in [6.07, 6.45) is 1.65. The van der Waals surface area contributed by atoms with Crippen molar-refractivity contribution in [2.45, 2.75) is 0 Å². The van der Waals surface area contributed by atoms with Crippen LogP contribution in [0.3, 0.4) is 0 Å². The van der Waals surface area contributed by atoms with Gasteiger partial charge in [-0.15, -0.1) is 12.4 Å². The Morgan fingerprint density at radius 3 is 2.78 bits per heavy atom. The van der Waals surface area contributed by atoms with Crippen molar-refractivity contribution in [2.24, 2.45) is 0 Å². The van der Waals surface area contributed by atoms with E-state index in [0.29, 0.717) is 24.5 Å². The number of hydrogen-bond donors (Lipinski definition) is 2. The lowest BCUT2D eigenvalue weighted by atomic mass is 10.2. The molecule has 5 heteroatoms. The van der Waals surface area contributed by atoms with Gasteiger partial charge in [0.25, 0.3) is 5.91 Å². The summed E-state index contributed by atoms with van der Waals surface area (Å²) in [5.74, 6) is 0.453. The summed E-state index contributed by atoms with van der Waals surface area (Å²) in [5.41, 5.74) is 0.547. The van der Waals surface area contributed by atoms with E-state index >= 15 is 0 Å². The predicted molar refractivity (Wildman–Crippen MR) is 75.6 cm³/mol. The van der Waals surface area contributed by atoms with Gasteiger partial charge in [-0.05, 0) is 19.2 Å². The molecule has 1 aromatic carbocycles. The van der Waals surface area contributed by atoms with E-state index in [4.69, 9.17) is 4.74 Å². The van der Waals surface area contributed by atoms with Crippen molar-refractivity contribution in [2.75, 3.05) is 26.7 Å². The predicted octanol–water partition coefficient (Wildman–Crippen LogP) is 1.62. The van der Waals surface area contributed by atoms with E-state index in [9.17, 15) is 4.79 Å². The van der Waals surface area contributed by atoms with Crippen LogP contribution in [0.1, 0.15) is 10.4 Å². The molecule has 0 aliphatic rings. The standard InChI is InChI=1S/C13H18N2O2.ClH/c1-3-10-17-12-7-5-4-6-11(12)13(16)15-9-8-14-2;/h3-7,14H,1,8-10H2,2H3,(H,15,16);1H. The molecule has 1 aromatic rings. The number of carbonyl (C=O) groups is 1. The van der Waals surface area contributed by atoms with Gasteiger partial charge < -0.3 is 15.4 Å². The first-order valence-corrected chi connectivity index (χ1v) is 5.55. The van der Waals surface area contributed by atoms with Gasteiger partial charge in [0.2, 0.25) is 0 Å². The molecule has 0 fully saturated rings.